The number of H-pyrrole nitrogens is 1. The maximum Gasteiger partial charge on any atom is 0.329 e. The zero-order valence-corrected chi connectivity index (χ0v) is 16.1. The summed E-state index contributed by atoms with van der Waals surface area (Å²) in [5, 5.41) is 3.37. The van der Waals surface area contributed by atoms with Crippen LogP contribution in [0.25, 0.3) is 10.9 Å². The van der Waals surface area contributed by atoms with Crippen LogP contribution in [0.5, 0.6) is 0 Å². The highest BCUT2D eigenvalue weighted by Crippen LogP contribution is 2.24. The number of para-hydroxylation sites is 1. The molecule has 29 heavy (non-hydrogen) atoms. The second kappa shape index (κ2) is 8.45. The second-order valence-corrected chi connectivity index (χ2v) is 7.34. The van der Waals surface area contributed by atoms with Gasteiger partial charge in [0.15, 0.2) is 0 Å². The van der Waals surface area contributed by atoms with E-state index in [1.54, 1.807) is 24.3 Å². The molecule has 0 spiro atoms. The number of rotatable bonds is 6. The molecule has 1 fully saturated rings. The summed E-state index contributed by atoms with van der Waals surface area (Å²) in [7, 11) is 0. The Morgan fingerprint density at radius 1 is 1.00 bits per heavy atom. The standard InChI is InChI=1S/C22H24N4O3/c27-20(15-26-18-11-5-4-10-17(18)21(28)24-22(26)29)23-14-19(25-12-6-7-13-25)16-8-2-1-3-9-16/h1-5,8-11,19H,6-7,12-15H2,(H,23,27)(H,24,28,29)/t19-/m1/s1. The van der Waals surface area contributed by atoms with Crippen molar-refractivity contribution in [2.75, 3.05) is 19.6 Å². The molecule has 7 heteroatoms. The van der Waals surface area contributed by atoms with Gasteiger partial charge in [0.2, 0.25) is 5.91 Å². The number of hydrogen-bond donors (Lipinski definition) is 2. The first-order chi connectivity index (χ1) is 14.1. The zero-order chi connectivity index (χ0) is 20.2. The molecule has 4 rings (SSSR count). The normalized spacial score (nSPS) is 15.4. The van der Waals surface area contributed by atoms with Gasteiger partial charge in [0.1, 0.15) is 6.54 Å². The van der Waals surface area contributed by atoms with Crippen LogP contribution >= 0.6 is 0 Å². The third-order valence-corrected chi connectivity index (χ3v) is 5.47. The molecule has 150 valence electrons. The van der Waals surface area contributed by atoms with Gasteiger partial charge < -0.3 is 5.32 Å². The molecule has 0 radical (unpaired) electrons. The number of amides is 1. The third-order valence-electron chi connectivity index (χ3n) is 5.47. The smallest absolute Gasteiger partial charge is 0.329 e. The van der Waals surface area contributed by atoms with E-state index in [0.717, 1.165) is 25.9 Å². The minimum absolute atomic E-state index is 0.103. The fourth-order valence-corrected chi connectivity index (χ4v) is 4.00. The quantitative estimate of drug-likeness (QED) is 0.668. The lowest BCUT2D eigenvalue weighted by atomic mass is 10.1. The first-order valence-electron chi connectivity index (χ1n) is 9.91. The van der Waals surface area contributed by atoms with E-state index in [2.05, 4.69) is 27.3 Å². The largest absolute Gasteiger partial charge is 0.353 e. The first kappa shape index (κ1) is 19.1. The monoisotopic (exact) mass is 392 g/mol. The van der Waals surface area contributed by atoms with Gasteiger partial charge in [-0.25, -0.2) is 4.79 Å². The average molecular weight is 392 g/mol. The number of aromatic nitrogens is 2. The van der Waals surface area contributed by atoms with Crippen molar-refractivity contribution in [1.29, 1.82) is 0 Å². The third kappa shape index (κ3) is 4.14. The number of nitrogens with one attached hydrogen (secondary N) is 2. The van der Waals surface area contributed by atoms with Gasteiger partial charge in [0.05, 0.1) is 16.9 Å². The van der Waals surface area contributed by atoms with Gasteiger partial charge in [-0.2, -0.15) is 0 Å². The summed E-state index contributed by atoms with van der Waals surface area (Å²) in [4.78, 5) is 41.6. The summed E-state index contributed by atoms with van der Waals surface area (Å²) in [6.07, 6.45) is 2.33. The number of carbonyl (C=O) groups is 1. The molecule has 2 N–H and O–H groups in total. The molecule has 0 saturated carbocycles. The van der Waals surface area contributed by atoms with Crippen LogP contribution in [0.3, 0.4) is 0 Å². The number of carbonyl (C=O) groups excluding carboxylic acids is 1. The van der Waals surface area contributed by atoms with Crippen molar-refractivity contribution in [2.45, 2.75) is 25.4 Å². The molecule has 2 heterocycles. The summed E-state index contributed by atoms with van der Waals surface area (Å²) < 4.78 is 1.31. The number of aromatic amines is 1. The number of likely N-dealkylation sites (tertiary alicyclic amines) is 1. The van der Waals surface area contributed by atoms with E-state index in [9.17, 15) is 14.4 Å². The van der Waals surface area contributed by atoms with E-state index in [0.29, 0.717) is 17.4 Å². The van der Waals surface area contributed by atoms with Gasteiger partial charge >= 0.3 is 5.69 Å². The van der Waals surface area contributed by atoms with Crippen LogP contribution in [0, 0.1) is 0 Å². The van der Waals surface area contributed by atoms with Gasteiger partial charge in [-0.15, -0.1) is 0 Å². The van der Waals surface area contributed by atoms with Crippen LogP contribution in [0.4, 0.5) is 0 Å². The summed E-state index contributed by atoms with van der Waals surface area (Å²) in [6, 6.07) is 17.0. The van der Waals surface area contributed by atoms with Crippen molar-refractivity contribution >= 4 is 16.8 Å². The SMILES string of the molecule is O=C(Cn1c(=O)[nH]c(=O)c2ccccc21)NC[C@H](c1ccccc1)N1CCCC1. The van der Waals surface area contributed by atoms with Crippen molar-refractivity contribution in [3.8, 4) is 0 Å². The Kier molecular flexibility index (Phi) is 5.57. The summed E-state index contributed by atoms with van der Waals surface area (Å²) >= 11 is 0. The molecular weight excluding hydrogens is 368 g/mol. The predicted octanol–water partition coefficient (Wildman–Crippen LogP) is 1.64. The van der Waals surface area contributed by atoms with Crippen LogP contribution < -0.4 is 16.6 Å². The average Bonchev–Trinajstić information content (AvgIpc) is 3.27. The van der Waals surface area contributed by atoms with Crippen molar-refractivity contribution < 1.29 is 4.79 Å². The van der Waals surface area contributed by atoms with E-state index in [1.807, 2.05) is 18.2 Å². The summed E-state index contributed by atoms with van der Waals surface area (Å²) in [5.41, 5.74) is 0.598. The molecule has 1 atom stereocenters. The van der Waals surface area contributed by atoms with Gasteiger partial charge in [-0.3, -0.25) is 24.0 Å². The molecule has 1 saturated heterocycles. The highest BCUT2D eigenvalue weighted by molar-refractivity contribution is 5.81. The molecule has 1 amide bonds. The molecule has 7 nitrogen and oxygen atoms in total. The van der Waals surface area contributed by atoms with E-state index < -0.39 is 11.2 Å². The Bertz CT molecular complexity index is 1110. The van der Waals surface area contributed by atoms with Crippen LogP contribution in [-0.4, -0.2) is 40.0 Å². The number of hydrogen-bond acceptors (Lipinski definition) is 4. The second-order valence-electron chi connectivity index (χ2n) is 7.34. The number of nitrogens with zero attached hydrogens (tertiary/aromatic N) is 2. The molecule has 1 aromatic heterocycles. The molecular formula is C22H24N4O3. The molecule has 1 aliphatic heterocycles. The fraction of sp³-hybridized carbons (Fsp3) is 0.318. The number of fused-ring (bicyclic) bond motifs is 1. The Morgan fingerprint density at radius 2 is 1.69 bits per heavy atom. The van der Waals surface area contributed by atoms with Crippen molar-refractivity contribution in [2.24, 2.45) is 0 Å². The first-order valence-corrected chi connectivity index (χ1v) is 9.91. The van der Waals surface area contributed by atoms with Crippen LogP contribution in [-0.2, 0) is 11.3 Å². The maximum absolute atomic E-state index is 12.7. The molecule has 3 aromatic rings. The predicted molar refractivity (Wildman–Crippen MR) is 112 cm³/mol. The minimum atomic E-state index is -0.581. The molecule has 0 aliphatic carbocycles. The van der Waals surface area contributed by atoms with E-state index in [-0.39, 0.29) is 18.5 Å². The Balaban J connectivity index is 1.52. The Hall–Kier alpha value is -3.19. The topological polar surface area (TPSA) is 87.2 Å². The van der Waals surface area contributed by atoms with Crippen LogP contribution in [0.15, 0.2) is 64.2 Å². The Morgan fingerprint density at radius 3 is 2.45 bits per heavy atom. The van der Waals surface area contributed by atoms with Crippen molar-refractivity contribution in [3.05, 3.63) is 81.0 Å². The molecule has 0 bridgehead atoms. The van der Waals surface area contributed by atoms with Crippen molar-refractivity contribution in [3.63, 3.8) is 0 Å². The molecule has 2 aromatic carbocycles. The van der Waals surface area contributed by atoms with Gasteiger partial charge in [0, 0.05) is 6.54 Å². The van der Waals surface area contributed by atoms with E-state index >= 15 is 0 Å². The van der Waals surface area contributed by atoms with Gasteiger partial charge in [-0.1, -0.05) is 42.5 Å². The van der Waals surface area contributed by atoms with Gasteiger partial charge in [0.25, 0.3) is 5.56 Å². The highest BCUT2D eigenvalue weighted by atomic mass is 16.2. The van der Waals surface area contributed by atoms with Crippen LogP contribution in [0.2, 0.25) is 0 Å². The van der Waals surface area contributed by atoms with Crippen LogP contribution in [0.1, 0.15) is 24.4 Å². The van der Waals surface area contributed by atoms with E-state index in [1.165, 1.54) is 10.1 Å². The summed E-state index contributed by atoms with van der Waals surface area (Å²) in [5.74, 6) is -0.260. The van der Waals surface area contributed by atoms with E-state index in [4.69, 9.17) is 0 Å². The minimum Gasteiger partial charge on any atom is -0.353 e. The zero-order valence-electron chi connectivity index (χ0n) is 16.1. The highest BCUT2D eigenvalue weighted by Gasteiger charge is 2.24. The lowest BCUT2D eigenvalue weighted by Gasteiger charge is -2.28. The fourth-order valence-electron chi connectivity index (χ4n) is 4.00. The molecule has 0 unspecified atom stereocenters. The molecule has 1 aliphatic rings. The lowest BCUT2D eigenvalue weighted by molar-refractivity contribution is -0.121. The van der Waals surface area contributed by atoms with Gasteiger partial charge in [-0.05, 0) is 43.6 Å². The number of benzene rings is 2. The summed E-state index contributed by atoms with van der Waals surface area (Å²) in [6.45, 7) is 2.36. The lowest BCUT2D eigenvalue weighted by Crippen LogP contribution is -2.40. The Labute approximate surface area is 168 Å². The maximum atomic E-state index is 12.7. The van der Waals surface area contributed by atoms with Crippen molar-refractivity contribution in [1.82, 2.24) is 19.8 Å².